The van der Waals surface area contributed by atoms with E-state index in [2.05, 4.69) is 13.5 Å². The quantitative estimate of drug-likeness (QED) is 0.542. The third-order valence-electron chi connectivity index (χ3n) is 2.19. The van der Waals surface area contributed by atoms with Crippen LogP contribution in [0, 0.1) is 11.8 Å². The summed E-state index contributed by atoms with van der Waals surface area (Å²) in [6.07, 6.45) is 1.96. The van der Waals surface area contributed by atoms with Crippen molar-refractivity contribution < 1.29 is 9.47 Å². The fourth-order valence-electron chi connectivity index (χ4n) is 1.08. The second-order valence-corrected chi connectivity index (χ2v) is 3.17. The molecule has 0 bridgehead atoms. The second kappa shape index (κ2) is 8.27. The molecule has 0 aromatic rings. The van der Waals surface area contributed by atoms with Crippen molar-refractivity contribution in [3.63, 3.8) is 0 Å². The molecule has 0 rings (SSSR count). The Morgan fingerprint density at radius 3 is 1.92 bits per heavy atom. The molecule has 13 heavy (non-hydrogen) atoms. The Labute approximate surface area is 81.9 Å². The van der Waals surface area contributed by atoms with Gasteiger partial charge >= 0.3 is 0 Å². The zero-order chi connectivity index (χ0) is 10.1. The van der Waals surface area contributed by atoms with Gasteiger partial charge in [-0.2, -0.15) is 0 Å². The van der Waals surface area contributed by atoms with Crippen molar-refractivity contribution in [3.8, 4) is 0 Å². The van der Waals surface area contributed by atoms with Crippen LogP contribution < -0.4 is 0 Å². The summed E-state index contributed by atoms with van der Waals surface area (Å²) in [4.78, 5) is 0. The van der Waals surface area contributed by atoms with Gasteiger partial charge in [0.25, 0.3) is 0 Å². The molecule has 0 aliphatic rings. The van der Waals surface area contributed by atoms with Crippen molar-refractivity contribution in [2.75, 3.05) is 26.4 Å². The van der Waals surface area contributed by atoms with Gasteiger partial charge in [0.2, 0.25) is 0 Å². The first-order chi connectivity index (χ1) is 6.26. The van der Waals surface area contributed by atoms with Gasteiger partial charge in [0.15, 0.2) is 0 Å². The van der Waals surface area contributed by atoms with E-state index >= 15 is 0 Å². The molecule has 0 saturated carbocycles. The van der Waals surface area contributed by atoms with E-state index in [-0.39, 0.29) is 0 Å². The molecule has 0 spiro atoms. The van der Waals surface area contributed by atoms with Crippen LogP contribution in [0.4, 0.5) is 0 Å². The number of ether oxygens (including phenoxy) is 2. The van der Waals surface area contributed by atoms with E-state index in [1.165, 1.54) is 0 Å². The van der Waals surface area contributed by atoms with E-state index in [1.807, 2.05) is 19.9 Å². The van der Waals surface area contributed by atoms with Crippen LogP contribution in [0.5, 0.6) is 0 Å². The lowest BCUT2D eigenvalue weighted by Gasteiger charge is -2.20. The van der Waals surface area contributed by atoms with Crippen LogP contribution in [0.3, 0.4) is 0 Å². The molecule has 2 nitrogen and oxygen atoms in total. The lowest BCUT2D eigenvalue weighted by molar-refractivity contribution is 0.0344. The van der Waals surface area contributed by atoms with Gasteiger partial charge in [-0.05, 0) is 19.8 Å². The Balaban J connectivity index is 3.79. The highest BCUT2D eigenvalue weighted by Crippen LogP contribution is 2.13. The molecular formula is C11H22O2. The maximum absolute atomic E-state index is 5.39. The van der Waals surface area contributed by atoms with Gasteiger partial charge in [-0.15, -0.1) is 6.58 Å². The van der Waals surface area contributed by atoms with Crippen molar-refractivity contribution in [1.82, 2.24) is 0 Å². The van der Waals surface area contributed by atoms with Crippen molar-refractivity contribution in [2.24, 2.45) is 11.8 Å². The van der Waals surface area contributed by atoms with Gasteiger partial charge in [-0.25, -0.2) is 0 Å². The average molecular weight is 186 g/mol. The zero-order valence-electron chi connectivity index (χ0n) is 9.08. The molecule has 0 aromatic carbocycles. The van der Waals surface area contributed by atoms with Crippen molar-refractivity contribution in [1.29, 1.82) is 0 Å². The van der Waals surface area contributed by atoms with Gasteiger partial charge < -0.3 is 9.47 Å². The van der Waals surface area contributed by atoms with E-state index in [1.54, 1.807) is 0 Å². The predicted octanol–water partition coefficient (Wildman–Crippen LogP) is 2.50. The largest absolute Gasteiger partial charge is 0.381 e. The van der Waals surface area contributed by atoms with E-state index in [0.29, 0.717) is 11.8 Å². The van der Waals surface area contributed by atoms with Gasteiger partial charge in [0.05, 0.1) is 13.2 Å². The molecule has 0 heterocycles. The van der Waals surface area contributed by atoms with Crippen LogP contribution in [0.15, 0.2) is 12.7 Å². The molecule has 0 N–H and O–H groups in total. The Hall–Kier alpha value is -0.340. The molecule has 0 aliphatic carbocycles. The minimum Gasteiger partial charge on any atom is -0.381 e. The fraction of sp³-hybridized carbons (Fsp3) is 0.818. The summed E-state index contributed by atoms with van der Waals surface area (Å²) in [6.45, 7) is 13.0. The molecule has 2 heteroatoms. The molecule has 1 unspecified atom stereocenters. The maximum Gasteiger partial charge on any atom is 0.0521 e. The number of rotatable bonds is 8. The van der Waals surface area contributed by atoms with Crippen LogP contribution in [-0.4, -0.2) is 26.4 Å². The van der Waals surface area contributed by atoms with Crippen LogP contribution in [0.2, 0.25) is 0 Å². The summed E-state index contributed by atoms with van der Waals surface area (Å²) in [7, 11) is 0. The van der Waals surface area contributed by atoms with Crippen molar-refractivity contribution in [3.05, 3.63) is 12.7 Å². The van der Waals surface area contributed by atoms with E-state index in [9.17, 15) is 0 Å². The highest BCUT2D eigenvalue weighted by Gasteiger charge is 2.14. The van der Waals surface area contributed by atoms with Crippen LogP contribution in [-0.2, 0) is 9.47 Å². The molecule has 0 amide bonds. The topological polar surface area (TPSA) is 18.5 Å². The number of hydrogen-bond donors (Lipinski definition) is 0. The summed E-state index contributed by atoms with van der Waals surface area (Å²) < 4.78 is 10.8. The SMILES string of the molecule is C=CC(C)C(COCC)COCC. The van der Waals surface area contributed by atoms with Gasteiger partial charge in [0, 0.05) is 19.1 Å². The number of hydrogen-bond acceptors (Lipinski definition) is 2. The Kier molecular flexibility index (Phi) is 8.05. The first-order valence-electron chi connectivity index (χ1n) is 5.04. The average Bonchev–Trinajstić information content (AvgIpc) is 2.17. The van der Waals surface area contributed by atoms with E-state index in [0.717, 1.165) is 26.4 Å². The Morgan fingerprint density at radius 2 is 1.62 bits per heavy atom. The lowest BCUT2D eigenvalue weighted by Crippen LogP contribution is -2.22. The normalized spacial score (nSPS) is 13.2. The highest BCUT2D eigenvalue weighted by atomic mass is 16.5. The zero-order valence-corrected chi connectivity index (χ0v) is 9.08. The molecule has 1 atom stereocenters. The monoisotopic (exact) mass is 186 g/mol. The minimum absolute atomic E-state index is 0.442. The molecular weight excluding hydrogens is 164 g/mol. The fourth-order valence-corrected chi connectivity index (χ4v) is 1.08. The van der Waals surface area contributed by atoms with Crippen LogP contribution in [0.25, 0.3) is 0 Å². The van der Waals surface area contributed by atoms with Gasteiger partial charge in [0.1, 0.15) is 0 Å². The minimum atomic E-state index is 0.442. The first kappa shape index (κ1) is 12.7. The molecule has 0 saturated heterocycles. The van der Waals surface area contributed by atoms with Crippen LogP contribution in [0.1, 0.15) is 20.8 Å². The Morgan fingerprint density at radius 1 is 1.15 bits per heavy atom. The summed E-state index contributed by atoms with van der Waals surface area (Å²) in [5.41, 5.74) is 0. The number of allylic oxidation sites excluding steroid dienone is 1. The second-order valence-electron chi connectivity index (χ2n) is 3.17. The molecule has 0 fully saturated rings. The van der Waals surface area contributed by atoms with Gasteiger partial charge in [-0.3, -0.25) is 0 Å². The molecule has 0 radical (unpaired) electrons. The first-order valence-corrected chi connectivity index (χ1v) is 5.04. The summed E-state index contributed by atoms with van der Waals surface area (Å²) in [6, 6.07) is 0. The summed E-state index contributed by atoms with van der Waals surface area (Å²) in [5.74, 6) is 0.899. The lowest BCUT2D eigenvalue weighted by atomic mass is 9.96. The summed E-state index contributed by atoms with van der Waals surface area (Å²) >= 11 is 0. The third-order valence-corrected chi connectivity index (χ3v) is 2.19. The van der Waals surface area contributed by atoms with Crippen molar-refractivity contribution in [2.45, 2.75) is 20.8 Å². The van der Waals surface area contributed by atoms with Crippen LogP contribution >= 0.6 is 0 Å². The third kappa shape index (κ3) is 5.83. The molecule has 0 aromatic heterocycles. The summed E-state index contributed by atoms with van der Waals surface area (Å²) in [5, 5.41) is 0. The molecule has 0 aliphatic heterocycles. The van der Waals surface area contributed by atoms with E-state index in [4.69, 9.17) is 9.47 Å². The smallest absolute Gasteiger partial charge is 0.0521 e. The highest BCUT2D eigenvalue weighted by molar-refractivity contribution is 4.81. The van der Waals surface area contributed by atoms with Crippen molar-refractivity contribution >= 4 is 0 Å². The van der Waals surface area contributed by atoms with Gasteiger partial charge in [-0.1, -0.05) is 13.0 Å². The van der Waals surface area contributed by atoms with E-state index < -0.39 is 0 Å². The Bertz CT molecular complexity index is 115. The standard InChI is InChI=1S/C11H22O2/c1-5-10(4)11(8-12-6-2)9-13-7-3/h5,10-11H,1,6-9H2,2-4H3. The maximum atomic E-state index is 5.39. The predicted molar refractivity (Wildman–Crippen MR) is 55.8 cm³/mol. The molecule has 78 valence electrons.